The average molecular weight is 305 g/mol. The van der Waals surface area contributed by atoms with Gasteiger partial charge in [-0.15, -0.1) is 0 Å². The normalized spacial score (nSPS) is 25.1. The van der Waals surface area contributed by atoms with Crippen LogP contribution in [0.25, 0.3) is 0 Å². The summed E-state index contributed by atoms with van der Waals surface area (Å²) >= 11 is 0. The van der Waals surface area contributed by atoms with Crippen LogP contribution in [0.1, 0.15) is 10.4 Å². The summed E-state index contributed by atoms with van der Waals surface area (Å²) in [6.45, 7) is 1.58. The monoisotopic (exact) mass is 305 g/mol. The van der Waals surface area contributed by atoms with Crippen molar-refractivity contribution in [3.05, 3.63) is 34.2 Å². The first-order valence-corrected chi connectivity index (χ1v) is 7.27. The van der Waals surface area contributed by atoms with E-state index in [-0.39, 0.29) is 29.3 Å². The van der Waals surface area contributed by atoms with Crippen molar-refractivity contribution in [2.24, 2.45) is 13.0 Å². The Labute approximate surface area is 128 Å². The number of carbonyl (C=O) groups is 2. The Hall–Kier alpha value is -2.15. The summed E-state index contributed by atoms with van der Waals surface area (Å²) in [5, 5.41) is 0. The number of hydrogen-bond acceptors (Lipinski definition) is 4. The fourth-order valence-electron chi connectivity index (χ4n) is 2.97. The van der Waals surface area contributed by atoms with Gasteiger partial charge < -0.3 is 19.1 Å². The van der Waals surface area contributed by atoms with Gasteiger partial charge in [0.15, 0.2) is 0 Å². The molecule has 0 spiro atoms. The maximum Gasteiger partial charge on any atom is 0.255 e. The van der Waals surface area contributed by atoms with Gasteiger partial charge in [0.25, 0.3) is 5.91 Å². The Morgan fingerprint density at radius 2 is 1.95 bits per heavy atom. The third kappa shape index (κ3) is 2.52. The minimum atomic E-state index is -0.325. The van der Waals surface area contributed by atoms with E-state index < -0.39 is 0 Å². The topological polar surface area (TPSA) is 71.8 Å². The zero-order valence-corrected chi connectivity index (χ0v) is 12.7. The first-order chi connectivity index (χ1) is 10.5. The van der Waals surface area contributed by atoms with Crippen LogP contribution in [0, 0.1) is 5.92 Å². The van der Waals surface area contributed by atoms with E-state index in [1.54, 1.807) is 23.9 Å². The second-order valence-corrected chi connectivity index (χ2v) is 5.91. The van der Waals surface area contributed by atoms with Crippen LogP contribution < -0.4 is 5.56 Å². The van der Waals surface area contributed by atoms with E-state index in [0.29, 0.717) is 31.9 Å². The van der Waals surface area contributed by atoms with Gasteiger partial charge in [0.1, 0.15) is 0 Å². The molecule has 2 saturated heterocycles. The van der Waals surface area contributed by atoms with Crippen molar-refractivity contribution in [2.75, 3.05) is 33.4 Å². The number of rotatable bonds is 1. The molecule has 2 bridgehead atoms. The minimum Gasteiger partial charge on any atom is -0.378 e. The number of fused-ring (bicyclic) bond motifs is 3. The van der Waals surface area contributed by atoms with Crippen LogP contribution in [0.15, 0.2) is 23.1 Å². The maximum atomic E-state index is 12.7. The van der Waals surface area contributed by atoms with Crippen molar-refractivity contribution < 1.29 is 14.3 Å². The van der Waals surface area contributed by atoms with Crippen molar-refractivity contribution in [3.63, 3.8) is 0 Å². The predicted octanol–water partition coefficient (Wildman–Crippen LogP) is -0.685. The molecule has 0 saturated carbocycles. The van der Waals surface area contributed by atoms with Gasteiger partial charge in [-0.3, -0.25) is 14.4 Å². The molecular formula is C15H19N3O4. The van der Waals surface area contributed by atoms with E-state index in [9.17, 15) is 14.4 Å². The molecule has 118 valence electrons. The van der Waals surface area contributed by atoms with Crippen LogP contribution in [0.5, 0.6) is 0 Å². The molecule has 3 heterocycles. The van der Waals surface area contributed by atoms with Crippen molar-refractivity contribution in [3.8, 4) is 0 Å². The number of carbonyl (C=O) groups excluding carboxylic acids is 2. The molecule has 0 aromatic carbocycles. The number of pyridine rings is 1. The lowest BCUT2D eigenvalue weighted by molar-refractivity contribution is -0.133. The Morgan fingerprint density at radius 1 is 1.18 bits per heavy atom. The van der Waals surface area contributed by atoms with Gasteiger partial charge in [-0.25, -0.2) is 0 Å². The molecule has 1 aromatic heterocycles. The lowest BCUT2D eigenvalue weighted by Crippen LogP contribution is -2.45. The SMILES string of the molecule is CN1C(=O)[C@H]2COC[C@@H]1CN(C(=O)c1ccc(=O)n(C)c1)C2. The summed E-state index contributed by atoms with van der Waals surface area (Å²) in [7, 11) is 3.37. The smallest absolute Gasteiger partial charge is 0.255 e. The third-order valence-electron chi connectivity index (χ3n) is 4.37. The standard InChI is InChI=1S/C15H19N3O4/c1-16-5-10(3-4-13(16)19)15(21)18-6-11-8-22-9-12(7-18)17(2)14(11)20/h3-5,11-12H,6-9H2,1-2H3/t11-,12+/m1/s1. The van der Waals surface area contributed by atoms with Crippen LogP contribution in [0.2, 0.25) is 0 Å². The highest BCUT2D eigenvalue weighted by Crippen LogP contribution is 2.20. The number of likely N-dealkylation sites (N-methyl/N-ethyl adjacent to an activating group) is 1. The van der Waals surface area contributed by atoms with Gasteiger partial charge in [0.05, 0.1) is 30.7 Å². The zero-order valence-electron chi connectivity index (χ0n) is 12.7. The van der Waals surface area contributed by atoms with E-state index in [1.807, 2.05) is 0 Å². The molecular weight excluding hydrogens is 286 g/mol. The summed E-state index contributed by atoms with van der Waals surface area (Å²) in [6, 6.07) is 2.79. The van der Waals surface area contributed by atoms with Gasteiger partial charge in [0, 0.05) is 39.4 Å². The Balaban J connectivity index is 1.88. The predicted molar refractivity (Wildman–Crippen MR) is 78.5 cm³/mol. The fraction of sp³-hybridized carbons (Fsp3) is 0.533. The highest BCUT2D eigenvalue weighted by atomic mass is 16.5. The molecule has 3 rings (SSSR count). The minimum absolute atomic E-state index is 0.0262. The first kappa shape index (κ1) is 14.8. The molecule has 2 aliphatic rings. The van der Waals surface area contributed by atoms with E-state index >= 15 is 0 Å². The molecule has 0 radical (unpaired) electrons. The molecule has 2 aliphatic heterocycles. The summed E-state index contributed by atoms with van der Waals surface area (Å²) < 4.78 is 6.91. The van der Waals surface area contributed by atoms with E-state index in [4.69, 9.17) is 4.74 Å². The van der Waals surface area contributed by atoms with Crippen molar-refractivity contribution in [1.29, 1.82) is 0 Å². The lowest BCUT2D eigenvalue weighted by atomic mass is 10.1. The number of aromatic nitrogens is 1. The van der Waals surface area contributed by atoms with Crippen LogP contribution in [0.3, 0.4) is 0 Å². The molecule has 0 N–H and O–H groups in total. The molecule has 22 heavy (non-hydrogen) atoms. The van der Waals surface area contributed by atoms with Gasteiger partial charge in [-0.1, -0.05) is 0 Å². The number of ether oxygens (including phenoxy) is 1. The summed E-state index contributed by atoms with van der Waals surface area (Å²) in [5.41, 5.74) is 0.297. The van der Waals surface area contributed by atoms with Crippen LogP contribution in [-0.4, -0.2) is 65.6 Å². The number of aryl methyl sites for hydroxylation is 1. The number of amides is 2. The molecule has 7 nitrogen and oxygen atoms in total. The molecule has 0 aliphatic carbocycles. The van der Waals surface area contributed by atoms with E-state index in [1.165, 1.54) is 22.9 Å². The fourth-order valence-corrected chi connectivity index (χ4v) is 2.97. The largest absolute Gasteiger partial charge is 0.378 e. The maximum absolute atomic E-state index is 12.7. The molecule has 1 aromatic rings. The molecule has 7 heteroatoms. The number of hydrogen-bond donors (Lipinski definition) is 0. The van der Waals surface area contributed by atoms with Gasteiger partial charge >= 0.3 is 0 Å². The second-order valence-electron chi connectivity index (χ2n) is 5.91. The van der Waals surface area contributed by atoms with Crippen LogP contribution in [0.4, 0.5) is 0 Å². The third-order valence-corrected chi connectivity index (χ3v) is 4.37. The highest BCUT2D eigenvalue weighted by molar-refractivity contribution is 5.94. The zero-order chi connectivity index (χ0) is 15.9. The quantitative estimate of drug-likeness (QED) is 0.689. The summed E-state index contributed by atoms with van der Waals surface area (Å²) in [5.74, 6) is -0.456. The van der Waals surface area contributed by atoms with Crippen molar-refractivity contribution >= 4 is 11.8 Å². The Morgan fingerprint density at radius 3 is 2.68 bits per heavy atom. The molecule has 2 fully saturated rings. The molecule has 0 unspecified atom stereocenters. The summed E-state index contributed by atoms with van der Waals surface area (Å²) in [4.78, 5) is 39.8. The van der Waals surface area contributed by atoms with Crippen LogP contribution in [-0.2, 0) is 16.6 Å². The second kappa shape index (κ2) is 5.57. The van der Waals surface area contributed by atoms with Gasteiger partial charge in [0.2, 0.25) is 11.5 Å². The van der Waals surface area contributed by atoms with Gasteiger partial charge in [-0.2, -0.15) is 0 Å². The highest BCUT2D eigenvalue weighted by Gasteiger charge is 2.38. The molecule has 2 atom stereocenters. The Kier molecular flexibility index (Phi) is 3.74. The molecule has 2 amide bonds. The van der Waals surface area contributed by atoms with Crippen molar-refractivity contribution in [1.82, 2.24) is 14.4 Å². The van der Waals surface area contributed by atoms with E-state index in [2.05, 4.69) is 0 Å². The Bertz CT molecular complexity index is 669. The average Bonchev–Trinajstić information content (AvgIpc) is 2.67. The lowest BCUT2D eigenvalue weighted by Gasteiger charge is -2.29. The first-order valence-electron chi connectivity index (χ1n) is 7.27. The van der Waals surface area contributed by atoms with Crippen molar-refractivity contribution in [2.45, 2.75) is 6.04 Å². The van der Waals surface area contributed by atoms with E-state index in [0.717, 1.165) is 0 Å². The summed E-state index contributed by atoms with van der Waals surface area (Å²) in [6.07, 6.45) is 1.54. The van der Waals surface area contributed by atoms with Crippen LogP contribution >= 0.6 is 0 Å². The van der Waals surface area contributed by atoms with Gasteiger partial charge in [-0.05, 0) is 6.07 Å². The number of nitrogens with zero attached hydrogens (tertiary/aromatic N) is 3.